The third-order valence-electron chi connectivity index (χ3n) is 4.00. The summed E-state index contributed by atoms with van der Waals surface area (Å²) in [6, 6.07) is 9.34. The van der Waals surface area contributed by atoms with Crippen molar-refractivity contribution in [2.24, 2.45) is 5.41 Å². The van der Waals surface area contributed by atoms with E-state index in [9.17, 15) is 0 Å². The van der Waals surface area contributed by atoms with Crippen molar-refractivity contribution in [1.29, 1.82) is 0 Å². The van der Waals surface area contributed by atoms with Crippen LogP contribution < -0.4 is 5.32 Å². The molecule has 1 N–H and O–H groups in total. The first-order valence-corrected chi connectivity index (χ1v) is 8.86. The minimum absolute atomic E-state index is 0.419. The highest BCUT2D eigenvalue weighted by molar-refractivity contribution is 9.10. The summed E-state index contributed by atoms with van der Waals surface area (Å²) in [4.78, 5) is 1.38. The SMILES string of the molecule is CCCNC1C(Sc2ccc(Br)cc2)CCC1(C)C. The lowest BCUT2D eigenvalue weighted by molar-refractivity contribution is 0.287. The largest absolute Gasteiger partial charge is 0.312 e. The van der Waals surface area contributed by atoms with Gasteiger partial charge >= 0.3 is 0 Å². The molecule has 0 bridgehead atoms. The molecule has 1 saturated carbocycles. The Morgan fingerprint density at radius 3 is 2.63 bits per heavy atom. The second-order valence-electron chi connectivity index (χ2n) is 6.07. The maximum Gasteiger partial charge on any atom is 0.0253 e. The summed E-state index contributed by atoms with van der Waals surface area (Å²) in [6.45, 7) is 8.18. The van der Waals surface area contributed by atoms with Crippen LogP contribution in [0.3, 0.4) is 0 Å². The first-order valence-electron chi connectivity index (χ1n) is 7.18. The van der Waals surface area contributed by atoms with Gasteiger partial charge in [0.2, 0.25) is 0 Å². The Labute approximate surface area is 130 Å². The van der Waals surface area contributed by atoms with Crippen LogP contribution in [0.15, 0.2) is 33.6 Å². The van der Waals surface area contributed by atoms with Crippen molar-refractivity contribution in [2.75, 3.05) is 6.54 Å². The molecule has 0 amide bonds. The molecule has 0 spiro atoms. The Morgan fingerprint density at radius 1 is 1.32 bits per heavy atom. The minimum Gasteiger partial charge on any atom is -0.312 e. The van der Waals surface area contributed by atoms with Gasteiger partial charge in [0, 0.05) is 20.7 Å². The van der Waals surface area contributed by atoms with E-state index in [0.29, 0.717) is 16.7 Å². The molecule has 19 heavy (non-hydrogen) atoms. The molecule has 0 saturated heterocycles. The van der Waals surface area contributed by atoms with E-state index in [2.05, 4.69) is 66.3 Å². The Morgan fingerprint density at radius 2 is 2.00 bits per heavy atom. The molecule has 1 aliphatic carbocycles. The highest BCUT2D eigenvalue weighted by Crippen LogP contribution is 2.45. The van der Waals surface area contributed by atoms with E-state index >= 15 is 0 Å². The predicted molar refractivity (Wildman–Crippen MR) is 88.9 cm³/mol. The second kappa shape index (κ2) is 6.64. The summed E-state index contributed by atoms with van der Waals surface area (Å²) in [6.07, 6.45) is 3.85. The fraction of sp³-hybridized carbons (Fsp3) is 0.625. The number of thioether (sulfide) groups is 1. The van der Waals surface area contributed by atoms with Crippen LogP contribution in [0.2, 0.25) is 0 Å². The molecule has 0 heterocycles. The number of rotatable bonds is 5. The van der Waals surface area contributed by atoms with Crippen LogP contribution in [0.4, 0.5) is 0 Å². The quantitative estimate of drug-likeness (QED) is 0.799. The summed E-state index contributed by atoms with van der Waals surface area (Å²) in [5.41, 5.74) is 0.419. The van der Waals surface area contributed by atoms with Crippen LogP contribution in [0.5, 0.6) is 0 Å². The lowest BCUT2D eigenvalue weighted by Gasteiger charge is -2.31. The Kier molecular flexibility index (Phi) is 5.38. The van der Waals surface area contributed by atoms with E-state index in [1.807, 2.05) is 11.8 Å². The third kappa shape index (κ3) is 3.99. The van der Waals surface area contributed by atoms with Crippen LogP contribution in [0, 0.1) is 5.41 Å². The first kappa shape index (κ1) is 15.4. The van der Waals surface area contributed by atoms with Crippen LogP contribution >= 0.6 is 27.7 Å². The van der Waals surface area contributed by atoms with Gasteiger partial charge in [0.25, 0.3) is 0 Å². The normalized spacial score (nSPS) is 25.7. The van der Waals surface area contributed by atoms with Gasteiger partial charge in [-0.1, -0.05) is 36.7 Å². The van der Waals surface area contributed by atoms with Crippen molar-refractivity contribution < 1.29 is 0 Å². The molecule has 1 aliphatic rings. The van der Waals surface area contributed by atoms with Gasteiger partial charge in [0.15, 0.2) is 0 Å². The van der Waals surface area contributed by atoms with E-state index in [1.54, 1.807) is 0 Å². The number of halogens is 1. The smallest absolute Gasteiger partial charge is 0.0253 e. The average Bonchev–Trinajstić information content (AvgIpc) is 2.65. The highest BCUT2D eigenvalue weighted by atomic mass is 79.9. The van der Waals surface area contributed by atoms with Crippen molar-refractivity contribution in [3.8, 4) is 0 Å². The monoisotopic (exact) mass is 341 g/mol. The van der Waals surface area contributed by atoms with Crippen molar-refractivity contribution in [3.63, 3.8) is 0 Å². The van der Waals surface area contributed by atoms with E-state index in [0.717, 1.165) is 11.0 Å². The third-order valence-corrected chi connectivity index (χ3v) is 5.89. The number of hydrogen-bond acceptors (Lipinski definition) is 2. The molecule has 1 aromatic carbocycles. The number of hydrogen-bond donors (Lipinski definition) is 1. The number of nitrogens with one attached hydrogen (secondary N) is 1. The van der Waals surface area contributed by atoms with Gasteiger partial charge in [-0.15, -0.1) is 11.8 Å². The fourth-order valence-corrected chi connectivity index (χ4v) is 4.61. The van der Waals surface area contributed by atoms with Crippen molar-refractivity contribution in [2.45, 2.75) is 56.2 Å². The number of benzene rings is 1. The topological polar surface area (TPSA) is 12.0 Å². The molecule has 3 heteroatoms. The molecule has 2 rings (SSSR count). The predicted octanol–water partition coefficient (Wildman–Crippen LogP) is 5.10. The fourth-order valence-electron chi connectivity index (χ4n) is 2.86. The van der Waals surface area contributed by atoms with Gasteiger partial charge in [0.05, 0.1) is 0 Å². The molecule has 2 unspecified atom stereocenters. The zero-order chi connectivity index (χ0) is 13.9. The standard InChI is InChI=1S/C16H24BrNS/c1-4-11-18-15-14(9-10-16(15,2)3)19-13-7-5-12(17)6-8-13/h5-8,14-15,18H,4,9-11H2,1-3H3. The Bertz CT molecular complexity index is 402. The van der Waals surface area contributed by atoms with Crippen LogP contribution in [-0.4, -0.2) is 17.8 Å². The van der Waals surface area contributed by atoms with Crippen LogP contribution in [0.1, 0.15) is 40.0 Å². The molecule has 0 aromatic heterocycles. The molecule has 2 atom stereocenters. The Hall–Kier alpha value is 0.01000. The van der Waals surface area contributed by atoms with E-state index < -0.39 is 0 Å². The van der Waals surface area contributed by atoms with Gasteiger partial charge in [-0.3, -0.25) is 0 Å². The van der Waals surface area contributed by atoms with Crippen molar-refractivity contribution in [1.82, 2.24) is 5.32 Å². The van der Waals surface area contributed by atoms with Crippen LogP contribution in [0.25, 0.3) is 0 Å². The molecule has 0 aliphatic heterocycles. The second-order valence-corrected chi connectivity index (χ2v) is 8.30. The van der Waals surface area contributed by atoms with Gasteiger partial charge < -0.3 is 5.32 Å². The Balaban J connectivity index is 2.03. The molecule has 0 radical (unpaired) electrons. The summed E-state index contributed by atoms with van der Waals surface area (Å²) >= 11 is 5.54. The zero-order valence-electron chi connectivity index (χ0n) is 12.1. The summed E-state index contributed by atoms with van der Waals surface area (Å²) in [7, 11) is 0. The summed E-state index contributed by atoms with van der Waals surface area (Å²) < 4.78 is 1.16. The molecular weight excluding hydrogens is 318 g/mol. The van der Waals surface area contributed by atoms with Crippen molar-refractivity contribution in [3.05, 3.63) is 28.7 Å². The highest BCUT2D eigenvalue weighted by Gasteiger charge is 2.41. The summed E-state index contributed by atoms with van der Waals surface area (Å²) in [5.74, 6) is 0. The summed E-state index contributed by atoms with van der Waals surface area (Å²) in [5, 5.41) is 4.47. The van der Waals surface area contributed by atoms with E-state index in [1.165, 1.54) is 24.2 Å². The molecule has 1 nitrogen and oxygen atoms in total. The lowest BCUT2D eigenvalue weighted by Crippen LogP contribution is -2.43. The molecule has 1 fully saturated rings. The maximum atomic E-state index is 3.77. The maximum absolute atomic E-state index is 3.77. The lowest BCUT2D eigenvalue weighted by atomic mass is 9.87. The zero-order valence-corrected chi connectivity index (χ0v) is 14.5. The van der Waals surface area contributed by atoms with Crippen LogP contribution in [-0.2, 0) is 0 Å². The first-order chi connectivity index (χ1) is 9.03. The molecule has 1 aromatic rings. The van der Waals surface area contributed by atoms with Gasteiger partial charge in [-0.2, -0.15) is 0 Å². The average molecular weight is 342 g/mol. The van der Waals surface area contributed by atoms with Gasteiger partial charge in [-0.05, 0) is 55.5 Å². The molecule has 106 valence electrons. The van der Waals surface area contributed by atoms with Gasteiger partial charge in [0.1, 0.15) is 0 Å². The van der Waals surface area contributed by atoms with Gasteiger partial charge in [-0.25, -0.2) is 0 Å². The van der Waals surface area contributed by atoms with E-state index in [4.69, 9.17) is 0 Å². The minimum atomic E-state index is 0.419. The van der Waals surface area contributed by atoms with E-state index in [-0.39, 0.29) is 0 Å². The van der Waals surface area contributed by atoms with Crippen molar-refractivity contribution >= 4 is 27.7 Å². The molecular formula is C16H24BrNS.